The van der Waals surface area contributed by atoms with Crippen LogP contribution in [0.25, 0.3) is 0 Å². The first-order chi connectivity index (χ1) is 17.6. The van der Waals surface area contributed by atoms with Crippen LogP contribution >= 0.6 is 23.2 Å². The van der Waals surface area contributed by atoms with Crippen molar-refractivity contribution < 1.29 is 27.5 Å². The molecule has 0 saturated heterocycles. The number of likely N-dealkylation sites (N-methyl/N-ethyl adjacent to an activating group) is 1. The fraction of sp³-hybridized carbons (Fsp3) is 0.440. The normalized spacial score (nSPS) is 13.5. The summed E-state index contributed by atoms with van der Waals surface area (Å²) in [6.45, 7) is 2.71. The molecule has 0 saturated carbocycles. The third-order valence-electron chi connectivity index (χ3n) is 5.99. The monoisotopic (exact) mass is 571 g/mol. The van der Waals surface area contributed by atoms with E-state index in [1.54, 1.807) is 36.4 Å². The van der Waals surface area contributed by atoms with Crippen molar-refractivity contribution in [3.8, 4) is 11.5 Å². The Morgan fingerprint density at radius 3 is 2.32 bits per heavy atom. The van der Waals surface area contributed by atoms with Crippen LogP contribution in [0.5, 0.6) is 11.5 Å². The van der Waals surface area contributed by atoms with Crippen molar-refractivity contribution in [3.63, 3.8) is 0 Å². The Morgan fingerprint density at radius 2 is 1.73 bits per heavy atom. The zero-order chi connectivity index (χ0) is 27.2. The summed E-state index contributed by atoms with van der Waals surface area (Å²) >= 11 is 12.7. The van der Waals surface area contributed by atoms with Gasteiger partial charge in [-0.2, -0.15) is 0 Å². The fourth-order valence-corrected chi connectivity index (χ4v) is 5.61. The molecule has 1 heterocycles. The number of fused-ring (bicyclic) bond motifs is 1. The van der Waals surface area contributed by atoms with Crippen LogP contribution in [0.1, 0.15) is 31.7 Å². The molecule has 2 amide bonds. The Hall–Kier alpha value is -2.69. The number of anilines is 1. The molecule has 2 aromatic carbocycles. The minimum atomic E-state index is -3.65. The highest BCUT2D eigenvalue weighted by atomic mass is 35.5. The molecule has 37 heavy (non-hydrogen) atoms. The van der Waals surface area contributed by atoms with Gasteiger partial charge in [0.25, 0.3) is 0 Å². The van der Waals surface area contributed by atoms with E-state index in [9.17, 15) is 18.0 Å². The number of benzene rings is 2. The second kappa shape index (κ2) is 12.7. The van der Waals surface area contributed by atoms with Gasteiger partial charge in [-0.25, -0.2) is 8.42 Å². The third kappa shape index (κ3) is 7.21. The average molecular weight is 573 g/mol. The molecule has 1 aliphatic heterocycles. The zero-order valence-electron chi connectivity index (χ0n) is 21.0. The first-order valence-corrected chi connectivity index (χ1v) is 14.5. The number of hydrogen-bond donors (Lipinski definition) is 1. The molecule has 0 unspecified atom stereocenters. The second-order valence-corrected chi connectivity index (χ2v) is 11.2. The predicted octanol–water partition coefficient (Wildman–Crippen LogP) is 3.86. The Balaban J connectivity index is 1.79. The summed E-state index contributed by atoms with van der Waals surface area (Å²) < 4.78 is 37.5. The van der Waals surface area contributed by atoms with Gasteiger partial charge in [0.1, 0.15) is 19.3 Å². The summed E-state index contributed by atoms with van der Waals surface area (Å²) in [6.07, 6.45) is 1.71. The van der Waals surface area contributed by atoms with Crippen molar-refractivity contribution in [1.82, 2.24) is 10.2 Å². The summed E-state index contributed by atoms with van der Waals surface area (Å²) in [6, 6.07) is 9.22. The molecule has 9 nitrogen and oxygen atoms in total. The molecule has 1 atom stereocenters. The first-order valence-electron chi connectivity index (χ1n) is 11.9. The van der Waals surface area contributed by atoms with E-state index >= 15 is 0 Å². The minimum Gasteiger partial charge on any atom is -0.486 e. The Labute approximate surface area is 227 Å². The summed E-state index contributed by atoms with van der Waals surface area (Å²) in [5.74, 6) is 0.384. The number of ether oxygens (including phenoxy) is 2. The van der Waals surface area contributed by atoms with Crippen molar-refractivity contribution in [2.75, 3.05) is 37.4 Å². The molecule has 0 spiro atoms. The summed E-state index contributed by atoms with van der Waals surface area (Å²) in [5, 5.41) is 3.37. The smallest absolute Gasteiger partial charge is 0.242 e. The van der Waals surface area contributed by atoms with Gasteiger partial charge in [-0.1, -0.05) is 36.2 Å². The van der Waals surface area contributed by atoms with Crippen molar-refractivity contribution in [3.05, 3.63) is 52.0 Å². The van der Waals surface area contributed by atoms with Crippen LogP contribution in [0.15, 0.2) is 36.4 Å². The van der Waals surface area contributed by atoms with Crippen molar-refractivity contribution >= 4 is 50.7 Å². The van der Waals surface area contributed by atoms with Crippen LogP contribution in [0.2, 0.25) is 10.0 Å². The van der Waals surface area contributed by atoms with Gasteiger partial charge in [0.05, 0.1) is 11.9 Å². The van der Waals surface area contributed by atoms with Crippen LogP contribution in [-0.4, -0.2) is 64.2 Å². The quantitative estimate of drug-likeness (QED) is 0.439. The maximum absolute atomic E-state index is 13.4. The zero-order valence-corrected chi connectivity index (χ0v) is 23.3. The van der Waals surface area contributed by atoms with Crippen molar-refractivity contribution in [2.24, 2.45) is 0 Å². The molecule has 2 aromatic rings. The van der Waals surface area contributed by atoms with Gasteiger partial charge in [0.15, 0.2) is 11.5 Å². The SMILES string of the molecule is CC[C@H](C(=O)NC)N(Cc1c(Cl)cccc1Cl)C(=O)CCCN(c1ccc2c(c1)OCCO2)S(C)(=O)=O. The van der Waals surface area contributed by atoms with Gasteiger partial charge in [0.2, 0.25) is 21.8 Å². The van der Waals surface area contributed by atoms with E-state index < -0.39 is 16.1 Å². The maximum atomic E-state index is 13.4. The number of carbonyl (C=O) groups excluding carboxylic acids is 2. The van der Waals surface area contributed by atoms with E-state index in [1.165, 1.54) is 16.3 Å². The number of nitrogens with one attached hydrogen (secondary N) is 1. The van der Waals surface area contributed by atoms with Gasteiger partial charge < -0.3 is 19.7 Å². The molecule has 1 N–H and O–H groups in total. The molecular weight excluding hydrogens is 541 g/mol. The number of rotatable bonds is 11. The average Bonchev–Trinajstić information content (AvgIpc) is 2.86. The standard InChI is InChI=1S/C25H31Cl2N3O6S/c1-4-21(25(32)28-2)29(16-18-19(26)7-5-8-20(18)27)24(31)9-6-12-30(37(3,33)34)17-10-11-22-23(15-17)36-14-13-35-22/h5,7-8,10-11,15,21H,4,6,9,12-14,16H2,1-3H3,(H,28,32)/t21-/m1/s1. The third-order valence-corrected chi connectivity index (χ3v) is 7.89. The van der Waals surface area contributed by atoms with E-state index in [1.807, 2.05) is 6.92 Å². The lowest BCUT2D eigenvalue weighted by Crippen LogP contribution is -2.48. The maximum Gasteiger partial charge on any atom is 0.242 e. The molecule has 12 heteroatoms. The minimum absolute atomic E-state index is 0.00609. The number of sulfonamides is 1. The summed E-state index contributed by atoms with van der Waals surface area (Å²) in [7, 11) is -2.14. The number of nitrogens with zero attached hydrogens (tertiary/aromatic N) is 2. The highest BCUT2D eigenvalue weighted by Crippen LogP contribution is 2.35. The van der Waals surface area contributed by atoms with Crippen LogP contribution < -0.4 is 19.1 Å². The number of carbonyl (C=O) groups is 2. The highest BCUT2D eigenvalue weighted by molar-refractivity contribution is 7.92. The van der Waals surface area contributed by atoms with Gasteiger partial charge in [-0.05, 0) is 37.1 Å². The van der Waals surface area contributed by atoms with Crippen LogP contribution in [0.3, 0.4) is 0 Å². The van der Waals surface area contributed by atoms with Crippen LogP contribution in [-0.2, 0) is 26.2 Å². The first kappa shape index (κ1) is 28.9. The Kier molecular flexibility index (Phi) is 9.92. The van der Waals surface area contributed by atoms with Crippen LogP contribution in [0.4, 0.5) is 5.69 Å². The number of amides is 2. The van der Waals surface area contributed by atoms with Crippen molar-refractivity contribution in [1.29, 1.82) is 0 Å². The number of hydrogen-bond acceptors (Lipinski definition) is 6. The highest BCUT2D eigenvalue weighted by Gasteiger charge is 2.29. The predicted molar refractivity (Wildman–Crippen MR) is 144 cm³/mol. The molecule has 3 rings (SSSR count). The lowest BCUT2D eigenvalue weighted by atomic mass is 10.1. The second-order valence-electron chi connectivity index (χ2n) is 8.53. The molecular formula is C25H31Cl2N3O6S. The van der Waals surface area contributed by atoms with Gasteiger partial charge in [-0.15, -0.1) is 0 Å². The summed E-state index contributed by atoms with van der Waals surface area (Å²) in [4.78, 5) is 27.4. The van der Waals surface area contributed by atoms with Gasteiger partial charge in [0, 0.05) is 48.2 Å². The molecule has 0 radical (unpaired) electrons. The fourth-order valence-electron chi connectivity index (χ4n) is 4.13. The van der Waals surface area contributed by atoms with Gasteiger partial charge >= 0.3 is 0 Å². The van der Waals surface area contributed by atoms with Gasteiger partial charge in [-0.3, -0.25) is 13.9 Å². The summed E-state index contributed by atoms with van der Waals surface area (Å²) in [5.41, 5.74) is 0.950. The van der Waals surface area contributed by atoms with E-state index in [0.29, 0.717) is 52.4 Å². The molecule has 0 fully saturated rings. The van der Waals surface area contributed by atoms with Crippen molar-refractivity contribution in [2.45, 2.75) is 38.8 Å². The van der Waals surface area contributed by atoms with E-state index in [-0.39, 0.29) is 37.7 Å². The molecule has 0 aromatic heterocycles. The molecule has 0 bridgehead atoms. The van der Waals surface area contributed by atoms with Crippen LogP contribution in [0, 0.1) is 0 Å². The van der Waals surface area contributed by atoms with E-state index in [4.69, 9.17) is 32.7 Å². The molecule has 202 valence electrons. The largest absolute Gasteiger partial charge is 0.486 e. The van der Waals surface area contributed by atoms with E-state index in [2.05, 4.69) is 5.32 Å². The lowest BCUT2D eigenvalue weighted by molar-refractivity contribution is -0.141. The molecule has 0 aliphatic carbocycles. The molecule has 1 aliphatic rings. The van der Waals surface area contributed by atoms with E-state index in [0.717, 1.165) is 6.26 Å². The number of halogens is 2. The Bertz CT molecular complexity index is 1220. The topological polar surface area (TPSA) is 105 Å². The lowest BCUT2D eigenvalue weighted by Gasteiger charge is -2.31. The Morgan fingerprint density at radius 1 is 1.08 bits per heavy atom.